The fraction of sp³-hybridized carbons (Fsp3) is 0.435. The summed E-state index contributed by atoms with van der Waals surface area (Å²) in [6.07, 6.45) is 4.19. The molecule has 0 bridgehead atoms. The van der Waals surface area contributed by atoms with Crippen LogP contribution in [0.2, 0.25) is 10.0 Å². The number of ketones is 1. The van der Waals surface area contributed by atoms with Crippen LogP contribution in [0.15, 0.2) is 12.1 Å². The molecule has 174 valence electrons. The number of Topliss-reactive ketones (excluding diaryl/α,β-unsaturated/α-hetero) is 1. The average Bonchev–Trinajstić information content (AvgIpc) is 3.05. The van der Waals surface area contributed by atoms with Crippen LogP contribution in [0.4, 0.5) is 5.00 Å². The standard InChI is InChI=1S/C23H27Cl2NO5S/c1-5-7-8-9-10-31-19-16(24)11-15(12-17(19)25)21(28)26-22-18(23(29)30-6-2)13(3)20(32-22)14(4)27/h11-12H,5-10H2,1-4H3,(H,26,28). The zero-order valence-electron chi connectivity index (χ0n) is 18.6. The second-order valence-electron chi connectivity index (χ2n) is 7.17. The Hall–Kier alpha value is -2.09. The number of carbonyl (C=O) groups excluding carboxylic acids is 3. The second-order valence-corrected chi connectivity index (χ2v) is 9.00. The van der Waals surface area contributed by atoms with Gasteiger partial charge in [-0.2, -0.15) is 0 Å². The quantitative estimate of drug-likeness (QED) is 0.205. The number of ether oxygens (including phenoxy) is 2. The van der Waals surface area contributed by atoms with Crippen LogP contribution >= 0.6 is 34.5 Å². The van der Waals surface area contributed by atoms with E-state index in [2.05, 4.69) is 12.2 Å². The van der Waals surface area contributed by atoms with E-state index in [1.807, 2.05) is 0 Å². The topological polar surface area (TPSA) is 81.7 Å². The molecule has 1 aromatic heterocycles. The lowest BCUT2D eigenvalue weighted by molar-refractivity contribution is 0.0527. The van der Waals surface area contributed by atoms with Crippen molar-refractivity contribution < 1.29 is 23.9 Å². The molecule has 0 atom stereocenters. The molecule has 0 aliphatic heterocycles. The third-order valence-corrected chi connectivity index (χ3v) is 6.55. The molecule has 2 aromatic rings. The molecule has 0 spiro atoms. The molecule has 0 fully saturated rings. The molecule has 0 saturated carbocycles. The van der Waals surface area contributed by atoms with Crippen molar-refractivity contribution in [2.45, 2.75) is 53.4 Å². The third kappa shape index (κ3) is 6.47. The number of esters is 1. The summed E-state index contributed by atoms with van der Waals surface area (Å²) in [7, 11) is 0. The SMILES string of the molecule is CCCCCCOc1c(Cl)cc(C(=O)Nc2sc(C(C)=O)c(C)c2C(=O)OCC)cc1Cl. The molecule has 1 heterocycles. The summed E-state index contributed by atoms with van der Waals surface area (Å²) in [4.78, 5) is 37.6. The Morgan fingerprint density at radius 1 is 1.06 bits per heavy atom. The largest absolute Gasteiger partial charge is 0.490 e. The number of amides is 1. The predicted octanol–water partition coefficient (Wildman–Crippen LogP) is 6.95. The van der Waals surface area contributed by atoms with Crippen LogP contribution in [0, 0.1) is 6.92 Å². The summed E-state index contributed by atoms with van der Waals surface area (Å²) >= 11 is 13.6. The fourth-order valence-corrected chi connectivity index (χ4v) is 4.78. The summed E-state index contributed by atoms with van der Waals surface area (Å²) < 4.78 is 10.8. The highest BCUT2D eigenvalue weighted by atomic mass is 35.5. The number of nitrogens with one attached hydrogen (secondary N) is 1. The van der Waals surface area contributed by atoms with Gasteiger partial charge in [0.1, 0.15) is 5.00 Å². The highest BCUT2D eigenvalue weighted by Gasteiger charge is 2.26. The molecule has 0 aliphatic rings. The van der Waals surface area contributed by atoms with Gasteiger partial charge in [0, 0.05) is 5.56 Å². The molecule has 1 amide bonds. The Kier molecular flexibility index (Phi) is 10.0. The lowest BCUT2D eigenvalue weighted by atomic mass is 10.1. The molecular weight excluding hydrogens is 473 g/mol. The molecule has 32 heavy (non-hydrogen) atoms. The van der Waals surface area contributed by atoms with Crippen molar-refractivity contribution in [1.82, 2.24) is 0 Å². The average molecular weight is 500 g/mol. The van der Waals surface area contributed by atoms with Crippen LogP contribution in [0.3, 0.4) is 0 Å². The summed E-state index contributed by atoms with van der Waals surface area (Å²) in [5, 5.41) is 3.36. The van der Waals surface area contributed by atoms with Crippen molar-refractivity contribution >= 4 is 57.2 Å². The first-order valence-corrected chi connectivity index (χ1v) is 12.0. The van der Waals surface area contributed by atoms with Crippen LogP contribution in [0.1, 0.15) is 82.4 Å². The number of unbranched alkanes of at least 4 members (excludes halogenated alkanes) is 3. The first-order valence-electron chi connectivity index (χ1n) is 10.5. The van der Waals surface area contributed by atoms with E-state index >= 15 is 0 Å². The fourth-order valence-electron chi connectivity index (χ4n) is 3.09. The third-order valence-electron chi connectivity index (χ3n) is 4.68. The van der Waals surface area contributed by atoms with Crippen LogP contribution in [-0.4, -0.2) is 30.9 Å². The Morgan fingerprint density at radius 3 is 2.28 bits per heavy atom. The predicted molar refractivity (Wildman–Crippen MR) is 129 cm³/mol. The molecule has 6 nitrogen and oxygen atoms in total. The summed E-state index contributed by atoms with van der Waals surface area (Å²) in [6.45, 7) is 7.52. The van der Waals surface area contributed by atoms with Gasteiger partial charge in [0.2, 0.25) is 0 Å². The van der Waals surface area contributed by atoms with Crippen molar-refractivity contribution in [3.8, 4) is 5.75 Å². The number of hydrogen-bond donors (Lipinski definition) is 1. The zero-order valence-corrected chi connectivity index (χ0v) is 20.9. The van der Waals surface area contributed by atoms with Gasteiger partial charge in [0.15, 0.2) is 11.5 Å². The van der Waals surface area contributed by atoms with E-state index in [1.54, 1.807) is 13.8 Å². The van der Waals surface area contributed by atoms with Crippen LogP contribution in [-0.2, 0) is 4.74 Å². The van der Waals surface area contributed by atoms with E-state index in [0.717, 1.165) is 37.0 Å². The normalized spacial score (nSPS) is 10.7. The number of carbonyl (C=O) groups is 3. The van der Waals surface area contributed by atoms with Crippen LogP contribution in [0.5, 0.6) is 5.75 Å². The van der Waals surface area contributed by atoms with Gasteiger partial charge in [-0.3, -0.25) is 9.59 Å². The Labute approximate surface area is 202 Å². The van der Waals surface area contributed by atoms with Crippen molar-refractivity contribution in [2.75, 3.05) is 18.5 Å². The molecule has 0 aliphatic carbocycles. The number of hydrogen-bond acceptors (Lipinski definition) is 6. The van der Waals surface area contributed by atoms with Crippen molar-refractivity contribution in [1.29, 1.82) is 0 Å². The van der Waals surface area contributed by atoms with Crippen molar-refractivity contribution in [2.24, 2.45) is 0 Å². The first kappa shape index (κ1) is 26.2. The van der Waals surface area contributed by atoms with Gasteiger partial charge < -0.3 is 14.8 Å². The molecule has 1 aromatic carbocycles. The van der Waals surface area contributed by atoms with E-state index in [-0.39, 0.29) is 38.6 Å². The lowest BCUT2D eigenvalue weighted by Crippen LogP contribution is -2.15. The number of anilines is 1. The van der Waals surface area contributed by atoms with E-state index in [0.29, 0.717) is 22.8 Å². The highest BCUT2D eigenvalue weighted by Crippen LogP contribution is 2.37. The van der Waals surface area contributed by atoms with Gasteiger partial charge in [0.05, 0.1) is 33.7 Å². The minimum atomic E-state index is -0.605. The van der Waals surface area contributed by atoms with E-state index in [4.69, 9.17) is 32.7 Å². The van der Waals surface area contributed by atoms with E-state index in [1.165, 1.54) is 19.1 Å². The van der Waals surface area contributed by atoms with E-state index in [9.17, 15) is 14.4 Å². The maximum absolute atomic E-state index is 12.9. The number of rotatable bonds is 11. The molecule has 2 rings (SSSR count). The molecule has 1 N–H and O–H groups in total. The van der Waals surface area contributed by atoms with Gasteiger partial charge in [-0.05, 0) is 44.9 Å². The van der Waals surface area contributed by atoms with Crippen LogP contribution in [0.25, 0.3) is 0 Å². The first-order chi connectivity index (χ1) is 15.2. The lowest BCUT2D eigenvalue weighted by Gasteiger charge is -2.12. The van der Waals surface area contributed by atoms with Gasteiger partial charge in [0.25, 0.3) is 5.91 Å². The van der Waals surface area contributed by atoms with Crippen LogP contribution < -0.4 is 10.1 Å². The molecule has 0 saturated heterocycles. The highest BCUT2D eigenvalue weighted by molar-refractivity contribution is 7.18. The number of thiophene rings is 1. The number of benzene rings is 1. The monoisotopic (exact) mass is 499 g/mol. The molecule has 9 heteroatoms. The van der Waals surface area contributed by atoms with Gasteiger partial charge >= 0.3 is 5.97 Å². The maximum atomic E-state index is 12.9. The Morgan fingerprint density at radius 2 is 1.72 bits per heavy atom. The summed E-state index contributed by atoms with van der Waals surface area (Å²) in [5.41, 5.74) is 0.835. The Bertz CT molecular complexity index is 980. The minimum absolute atomic E-state index is 0.166. The molecular formula is C23H27Cl2NO5S. The second kappa shape index (κ2) is 12.2. The maximum Gasteiger partial charge on any atom is 0.341 e. The minimum Gasteiger partial charge on any atom is -0.490 e. The van der Waals surface area contributed by atoms with Crippen molar-refractivity contribution in [3.63, 3.8) is 0 Å². The summed E-state index contributed by atoms with van der Waals surface area (Å²) in [5.74, 6) is -0.998. The van der Waals surface area contributed by atoms with Crippen molar-refractivity contribution in [3.05, 3.63) is 43.7 Å². The smallest absolute Gasteiger partial charge is 0.341 e. The number of halogens is 2. The molecule has 0 unspecified atom stereocenters. The van der Waals surface area contributed by atoms with E-state index < -0.39 is 11.9 Å². The van der Waals surface area contributed by atoms with Gasteiger partial charge in [-0.1, -0.05) is 49.4 Å². The molecule has 0 radical (unpaired) electrons. The Balaban J connectivity index is 2.25. The van der Waals surface area contributed by atoms with Gasteiger partial charge in [-0.15, -0.1) is 11.3 Å². The van der Waals surface area contributed by atoms with Gasteiger partial charge in [-0.25, -0.2) is 4.79 Å². The zero-order chi connectivity index (χ0) is 23.8. The summed E-state index contributed by atoms with van der Waals surface area (Å²) in [6, 6.07) is 2.92.